The Balaban J connectivity index is 1.60. The normalized spacial score (nSPS) is 12.6. The summed E-state index contributed by atoms with van der Waals surface area (Å²) in [6, 6.07) is 9.26. The van der Waals surface area contributed by atoms with E-state index >= 15 is 0 Å². The molecule has 2 heterocycles. The van der Waals surface area contributed by atoms with Gasteiger partial charge in [0, 0.05) is 31.8 Å². The molecule has 154 valence electrons. The molecule has 0 aliphatic carbocycles. The van der Waals surface area contributed by atoms with Crippen LogP contribution in [0.25, 0.3) is 0 Å². The average Bonchev–Trinajstić information content (AvgIpc) is 3.31. The number of aromatic nitrogens is 3. The monoisotopic (exact) mass is 417 g/mol. The second-order valence-electron chi connectivity index (χ2n) is 6.57. The lowest BCUT2D eigenvalue weighted by atomic mass is 10.0. The number of carbonyl (C=O) groups is 1. The average molecular weight is 417 g/mol. The first kappa shape index (κ1) is 20.7. The molecule has 1 amide bonds. The summed E-state index contributed by atoms with van der Waals surface area (Å²) >= 11 is 0. The van der Waals surface area contributed by atoms with Crippen molar-refractivity contribution in [2.45, 2.75) is 37.6 Å². The molecule has 3 rings (SSSR count). The molecule has 3 N–H and O–H groups in total. The van der Waals surface area contributed by atoms with Crippen molar-refractivity contribution in [1.82, 2.24) is 25.2 Å². The summed E-state index contributed by atoms with van der Waals surface area (Å²) in [4.78, 5) is 19.7. The lowest BCUT2D eigenvalue weighted by Crippen LogP contribution is -2.34. The van der Waals surface area contributed by atoms with Crippen LogP contribution >= 0.6 is 0 Å². The van der Waals surface area contributed by atoms with E-state index < -0.39 is 10.0 Å². The van der Waals surface area contributed by atoms with Gasteiger partial charge in [-0.1, -0.05) is 35.5 Å². The summed E-state index contributed by atoms with van der Waals surface area (Å²) in [5, 5.41) is 6.60. The highest BCUT2D eigenvalue weighted by Gasteiger charge is 2.24. The smallest absolute Gasteiger partial charge is 0.245 e. The number of aryl methyl sites for hydroxylation is 2. The molecule has 9 nitrogen and oxygen atoms in total. The zero-order valence-electron chi connectivity index (χ0n) is 16.2. The predicted molar refractivity (Wildman–Crippen MR) is 105 cm³/mol. The van der Waals surface area contributed by atoms with E-state index in [0.29, 0.717) is 6.42 Å². The molecular formula is C19H23N5O4S. The van der Waals surface area contributed by atoms with Crippen molar-refractivity contribution in [3.63, 3.8) is 0 Å². The largest absolute Gasteiger partial charge is 0.360 e. The fraction of sp³-hybridized carbons (Fsp3) is 0.316. The van der Waals surface area contributed by atoms with Gasteiger partial charge in [0.2, 0.25) is 15.9 Å². The van der Waals surface area contributed by atoms with Gasteiger partial charge >= 0.3 is 0 Å². The summed E-state index contributed by atoms with van der Waals surface area (Å²) in [5.41, 5.74) is 1.22. The van der Waals surface area contributed by atoms with Gasteiger partial charge in [0.25, 0.3) is 0 Å². The van der Waals surface area contributed by atoms with Crippen LogP contribution in [0, 0.1) is 13.8 Å². The Hall–Kier alpha value is -2.98. The van der Waals surface area contributed by atoms with Crippen LogP contribution in [-0.4, -0.2) is 36.0 Å². The maximum absolute atomic E-state index is 12.5. The minimum absolute atomic E-state index is 0.00983. The third kappa shape index (κ3) is 5.30. The Bertz CT molecular complexity index is 1030. The summed E-state index contributed by atoms with van der Waals surface area (Å²) in [7, 11) is -3.80. The van der Waals surface area contributed by atoms with E-state index in [4.69, 9.17) is 4.52 Å². The van der Waals surface area contributed by atoms with Gasteiger partial charge < -0.3 is 14.8 Å². The first-order valence-corrected chi connectivity index (χ1v) is 10.6. The van der Waals surface area contributed by atoms with Crippen molar-refractivity contribution in [3.8, 4) is 0 Å². The highest BCUT2D eigenvalue weighted by Crippen LogP contribution is 2.19. The van der Waals surface area contributed by atoms with Crippen molar-refractivity contribution in [2.75, 3.05) is 6.54 Å². The fourth-order valence-electron chi connectivity index (χ4n) is 3.04. The van der Waals surface area contributed by atoms with Gasteiger partial charge in [0.05, 0.1) is 6.04 Å². The van der Waals surface area contributed by atoms with Crippen molar-refractivity contribution < 1.29 is 17.7 Å². The van der Waals surface area contributed by atoms with Crippen LogP contribution in [0.4, 0.5) is 0 Å². The van der Waals surface area contributed by atoms with Gasteiger partial charge in [-0.25, -0.2) is 18.1 Å². The van der Waals surface area contributed by atoms with Crippen molar-refractivity contribution >= 4 is 15.9 Å². The van der Waals surface area contributed by atoms with Crippen LogP contribution in [0.5, 0.6) is 0 Å². The molecule has 0 radical (unpaired) electrons. The maximum Gasteiger partial charge on any atom is 0.245 e. The molecule has 10 heteroatoms. The van der Waals surface area contributed by atoms with Gasteiger partial charge in [-0.3, -0.25) is 4.79 Å². The number of rotatable bonds is 9. The second-order valence-corrected chi connectivity index (χ2v) is 8.28. The van der Waals surface area contributed by atoms with Crippen molar-refractivity contribution in [2.24, 2.45) is 0 Å². The minimum atomic E-state index is -3.80. The number of hydrogen-bond acceptors (Lipinski definition) is 6. The van der Waals surface area contributed by atoms with E-state index in [1.165, 1.54) is 6.92 Å². The predicted octanol–water partition coefficient (Wildman–Crippen LogP) is 1.78. The van der Waals surface area contributed by atoms with Crippen LogP contribution in [0.3, 0.4) is 0 Å². The van der Waals surface area contributed by atoms with Crippen LogP contribution in [0.2, 0.25) is 0 Å². The van der Waals surface area contributed by atoms with Gasteiger partial charge in [-0.15, -0.1) is 0 Å². The number of nitrogens with zero attached hydrogens (tertiary/aromatic N) is 2. The Morgan fingerprint density at radius 1 is 1.24 bits per heavy atom. The number of benzene rings is 1. The van der Waals surface area contributed by atoms with Crippen molar-refractivity contribution in [3.05, 3.63) is 65.6 Å². The molecule has 0 bridgehead atoms. The molecule has 2 aromatic heterocycles. The van der Waals surface area contributed by atoms with E-state index in [1.54, 1.807) is 19.3 Å². The number of amides is 1. The zero-order chi connectivity index (χ0) is 20.9. The Morgan fingerprint density at radius 3 is 2.62 bits per heavy atom. The number of aromatic amines is 1. The number of sulfonamides is 1. The van der Waals surface area contributed by atoms with Gasteiger partial charge in [0.15, 0.2) is 5.76 Å². The summed E-state index contributed by atoms with van der Waals surface area (Å²) in [6.45, 7) is 3.04. The molecule has 0 saturated heterocycles. The number of H-pyrrole nitrogens is 1. The fourth-order valence-corrected chi connectivity index (χ4v) is 4.39. The first-order valence-electron chi connectivity index (χ1n) is 9.12. The summed E-state index contributed by atoms with van der Waals surface area (Å²) in [5.74, 6) is 0.687. The van der Waals surface area contributed by atoms with Gasteiger partial charge in [0.1, 0.15) is 16.4 Å². The third-order valence-electron chi connectivity index (χ3n) is 4.37. The Morgan fingerprint density at radius 2 is 2.00 bits per heavy atom. The SMILES string of the molecule is Cc1noc(C)c1S(=O)(=O)NCCC(=O)N[C@H](Cc1ncc[nH]1)c1ccccc1. The standard InChI is InChI=1S/C19H23N5O4S/c1-13-19(14(2)28-24-13)29(26,27)22-9-8-18(25)23-16(12-17-20-10-11-21-17)15-6-4-3-5-7-15/h3-7,10-11,16,22H,8-9,12H2,1-2H3,(H,20,21)(H,23,25)/t16-/m1/s1. The molecule has 3 aromatic rings. The Kier molecular flexibility index (Phi) is 6.45. The highest BCUT2D eigenvalue weighted by molar-refractivity contribution is 7.89. The lowest BCUT2D eigenvalue weighted by Gasteiger charge is -2.18. The number of imidazole rings is 1. The number of carbonyl (C=O) groups excluding carboxylic acids is 1. The van der Waals surface area contributed by atoms with Crippen LogP contribution in [-0.2, 0) is 21.2 Å². The molecule has 0 saturated carbocycles. The van der Waals surface area contributed by atoms with E-state index in [1.807, 2.05) is 30.3 Å². The minimum Gasteiger partial charge on any atom is -0.360 e. The van der Waals surface area contributed by atoms with Crippen LogP contribution < -0.4 is 10.0 Å². The summed E-state index contributed by atoms with van der Waals surface area (Å²) < 4.78 is 32.2. The second kappa shape index (κ2) is 9.01. The molecule has 0 aliphatic rings. The van der Waals surface area contributed by atoms with Crippen LogP contribution in [0.1, 0.15) is 35.3 Å². The number of nitrogens with one attached hydrogen (secondary N) is 3. The highest BCUT2D eigenvalue weighted by atomic mass is 32.2. The molecule has 0 fully saturated rings. The van der Waals surface area contributed by atoms with Gasteiger partial charge in [-0.2, -0.15) is 0 Å². The molecule has 1 aromatic carbocycles. The molecule has 1 atom stereocenters. The molecule has 0 aliphatic heterocycles. The molecular weight excluding hydrogens is 394 g/mol. The lowest BCUT2D eigenvalue weighted by molar-refractivity contribution is -0.121. The zero-order valence-corrected chi connectivity index (χ0v) is 17.0. The van der Waals surface area contributed by atoms with E-state index in [-0.39, 0.29) is 41.3 Å². The maximum atomic E-state index is 12.5. The van der Waals surface area contributed by atoms with Crippen molar-refractivity contribution in [1.29, 1.82) is 0 Å². The third-order valence-corrected chi connectivity index (χ3v) is 6.07. The first-order chi connectivity index (χ1) is 13.9. The van der Waals surface area contributed by atoms with Crippen LogP contribution in [0.15, 0.2) is 52.1 Å². The molecule has 29 heavy (non-hydrogen) atoms. The molecule has 0 unspecified atom stereocenters. The van der Waals surface area contributed by atoms with E-state index in [0.717, 1.165) is 11.4 Å². The van der Waals surface area contributed by atoms with E-state index in [9.17, 15) is 13.2 Å². The topological polar surface area (TPSA) is 130 Å². The van der Waals surface area contributed by atoms with E-state index in [2.05, 4.69) is 25.2 Å². The quantitative estimate of drug-likeness (QED) is 0.487. The summed E-state index contributed by atoms with van der Waals surface area (Å²) in [6.07, 6.45) is 3.86. The number of hydrogen-bond donors (Lipinski definition) is 3. The Labute approximate surface area is 169 Å². The molecule has 0 spiro atoms. The van der Waals surface area contributed by atoms with Gasteiger partial charge in [-0.05, 0) is 19.4 Å².